The summed E-state index contributed by atoms with van der Waals surface area (Å²) in [6, 6.07) is 17.9. The van der Waals surface area contributed by atoms with Gasteiger partial charge < -0.3 is 5.32 Å². The SMILES string of the molecule is O=C(CN1C(=O)NC(c2ccccc2)(c2ccccc2)C1=O)C1CCCCC1. The third-order valence-corrected chi connectivity index (χ3v) is 5.89. The predicted molar refractivity (Wildman–Crippen MR) is 105 cm³/mol. The maximum Gasteiger partial charge on any atom is 0.325 e. The predicted octanol–water partition coefficient (Wildman–Crippen LogP) is 3.63. The van der Waals surface area contributed by atoms with Gasteiger partial charge in [-0.15, -0.1) is 0 Å². The van der Waals surface area contributed by atoms with Crippen LogP contribution in [0.25, 0.3) is 0 Å². The number of amides is 3. The summed E-state index contributed by atoms with van der Waals surface area (Å²) in [5.41, 5.74) is 0.0752. The molecule has 28 heavy (non-hydrogen) atoms. The summed E-state index contributed by atoms with van der Waals surface area (Å²) in [6.45, 7) is -0.156. The van der Waals surface area contributed by atoms with Crippen molar-refractivity contribution in [2.24, 2.45) is 5.92 Å². The number of rotatable bonds is 5. The molecule has 1 saturated heterocycles. The van der Waals surface area contributed by atoms with Crippen LogP contribution < -0.4 is 5.32 Å². The van der Waals surface area contributed by atoms with Crippen molar-refractivity contribution in [1.29, 1.82) is 0 Å². The lowest BCUT2D eigenvalue weighted by molar-refractivity contribution is -0.135. The first-order valence-corrected chi connectivity index (χ1v) is 9.91. The highest BCUT2D eigenvalue weighted by atomic mass is 16.2. The van der Waals surface area contributed by atoms with E-state index in [1.165, 1.54) is 0 Å². The molecule has 2 fully saturated rings. The maximum atomic E-state index is 13.5. The number of nitrogens with one attached hydrogen (secondary N) is 1. The Morgan fingerprint density at radius 1 is 0.893 bits per heavy atom. The van der Waals surface area contributed by atoms with E-state index in [2.05, 4.69) is 5.32 Å². The molecule has 5 heteroatoms. The summed E-state index contributed by atoms with van der Waals surface area (Å²) >= 11 is 0. The van der Waals surface area contributed by atoms with E-state index in [1.807, 2.05) is 60.7 Å². The molecule has 0 spiro atoms. The number of benzene rings is 2. The van der Waals surface area contributed by atoms with Crippen LogP contribution in [0.5, 0.6) is 0 Å². The fourth-order valence-electron chi connectivity index (χ4n) is 4.36. The van der Waals surface area contributed by atoms with Crippen LogP contribution in [0, 0.1) is 5.92 Å². The van der Waals surface area contributed by atoms with E-state index in [4.69, 9.17) is 0 Å². The van der Waals surface area contributed by atoms with Crippen molar-refractivity contribution in [3.8, 4) is 0 Å². The highest BCUT2D eigenvalue weighted by molar-refractivity contribution is 6.11. The molecule has 1 saturated carbocycles. The van der Waals surface area contributed by atoms with Gasteiger partial charge in [0.15, 0.2) is 11.3 Å². The van der Waals surface area contributed by atoms with E-state index >= 15 is 0 Å². The van der Waals surface area contributed by atoms with E-state index in [-0.39, 0.29) is 24.2 Å². The topological polar surface area (TPSA) is 66.5 Å². The minimum absolute atomic E-state index is 0.0138. The molecule has 2 aromatic rings. The summed E-state index contributed by atoms with van der Waals surface area (Å²) in [5.74, 6) is -0.447. The van der Waals surface area contributed by atoms with Gasteiger partial charge in [0.25, 0.3) is 5.91 Å². The molecule has 2 aliphatic rings. The molecule has 0 unspecified atom stereocenters. The zero-order valence-electron chi connectivity index (χ0n) is 15.8. The largest absolute Gasteiger partial charge is 0.325 e. The molecule has 144 valence electrons. The molecule has 3 amide bonds. The highest BCUT2D eigenvalue weighted by Gasteiger charge is 2.54. The minimum Gasteiger partial charge on any atom is -0.315 e. The third kappa shape index (κ3) is 3.11. The van der Waals surface area contributed by atoms with Gasteiger partial charge in [-0.2, -0.15) is 0 Å². The van der Waals surface area contributed by atoms with Crippen LogP contribution in [0.1, 0.15) is 43.2 Å². The Balaban J connectivity index is 1.68. The molecule has 2 aromatic carbocycles. The number of Topliss-reactive ketones (excluding diaryl/α,β-unsaturated/α-hetero) is 1. The van der Waals surface area contributed by atoms with Gasteiger partial charge in [0, 0.05) is 5.92 Å². The first-order valence-electron chi connectivity index (χ1n) is 9.91. The number of carbonyl (C=O) groups is 3. The van der Waals surface area contributed by atoms with Crippen molar-refractivity contribution in [2.75, 3.05) is 6.54 Å². The summed E-state index contributed by atoms with van der Waals surface area (Å²) in [5, 5.41) is 2.89. The van der Waals surface area contributed by atoms with E-state index in [0.29, 0.717) is 11.1 Å². The average Bonchev–Trinajstić information content (AvgIpc) is 3.01. The molecule has 0 radical (unpaired) electrons. The second kappa shape index (κ2) is 7.58. The van der Waals surface area contributed by atoms with E-state index in [9.17, 15) is 14.4 Å². The van der Waals surface area contributed by atoms with Gasteiger partial charge in [-0.3, -0.25) is 14.5 Å². The standard InChI is InChI=1S/C23H24N2O3/c26-20(17-10-4-1-5-11-17)16-25-21(27)23(24-22(25)28,18-12-6-2-7-13-18)19-14-8-3-9-15-19/h2-3,6-9,12-15,17H,1,4-5,10-11,16H2,(H,24,28). The average molecular weight is 376 g/mol. The smallest absolute Gasteiger partial charge is 0.315 e. The molecular formula is C23H24N2O3. The van der Waals surface area contributed by atoms with Gasteiger partial charge in [-0.25, -0.2) is 4.79 Å². The van der Waals surface area contributed by atoms with Crippen molar-refractivity contribution >= 4 is 17.7 Å². The molecule has 1 N–H and O–H groups in total. The van der Waals surface area contributed by atoms with Crippen molar-refractivity contribution in [3.63, 3.8) is 0 Å². The number of imide groups is 1. The van der Waals surface area contributed by atoms with Crippen molar-refractivity contribution < 1.29 is 14.4 Å². The summed E-state index contributed by atoms with van der Waals surface area (Å²) in [6.07, 6.45) is 4.93. The fraction of sp³-hybridized carbons (Fsp3) is 0.348. The Hall–Kier alpha value is -2.95. The molecule has 0 aromatic heterocycles. The second-order valence-corrected chi connectivity index (χ2v) is 7.60. The van der Waals surface area contributed by atoms with Crippen LogP contribution in [0.4, 0.5) is 4.79 Å². The highest BCUT2D eigenvalue weighted by Crippen LogP contribution is 2.36. The van der Waals surface area contributed by atoms with Crippen molar-refractivity contribution in [3.05, 3.63) is 71.8 Å². The van der Waals surface area contributed by atoms with Crippen LogP contribution in [-0.2, 0) is 15.1 Å². The molecular weight excluding hydrogens is 352 g/mol. The first-order chi connectivity index (χ1) is 13.6. The van der Waals surface area contributed by atoms with Crippen LogP contribution in [0.15, 0.2) is 60.7 Å². The van der Waals surface area contributed by atoms with E-state index < -0.39 is 11.6 Å². The normalized spacial score (nSPS) is 19.5. The van der Waals surface area contributed by atoms with Gasteiger partial charge in [-0.05, 0) is 24.0 Å². The molecule has 1 aliphatic carbocycles. The molecule has 4 rings (SSSR count). The zero-order valence-corrected chi connectivity index (χ0v) is 15.8. The van der Waals surface area contributed by atoms with E-state index in [1.54, 1.807) is 0 Å². The van der Waals surface area contributed by atoms with E-state index in [0.717, 1.165) is 37.0 Å². The Bertz CT molecular complexity index is 834. The molecule has 1 aliphatic heterocycles. The lowest BCUT2D eigenvalue weighted by atomic mass is 9.82. The molecule has 5 nitrogen and oxygen atoms in total. The quantitative estimate of drug-likeness (QED) is 0.811. The zero-order chi connectivity index (χ0) is 19.6. The summed E-state index contributed by atoms with van der Waals surface area (Å²) in [7, 11) is 0. The molecule has 1 heterocycles. The fourth-order valence-corrected chi connectivity index (χ4v) is 4.36. The van der Waals surface area contributed by atoms with Gasteiger partial charge in [-0.1, -0.05) is 79.9 Å². The second-order valence-electron chi connectivity index (χ2n) is 7.60. The van der Waals surface area contributed by atoms with Crippen LogP contribution in [-0.4, -0.2) is 29.2 Å². The molecule has 0 bridgehead atoms. The number of hydrogen-bond donors (Lipinski definition) is 1. The van der Waals surface area contributed by atoms with Crippen LogP contribution >= 0.6 is 0 Å². The van der Waals surface area contributed by atoms with Gasteiger partial charge in [0.05, 0.1) is 6.54 Å². The van der Waals surface area contributed by atoms with Gasteiger partial charge >= 0.3 is 6.03 Å². The summed E-state index contributed by atoms with van der Waals surface area (Å²) < 4.78 is 0. The van der Waals surface area contributed by atoms with Gasteiger partial charge in [0.1, 0.15) is 0 Å². The third-order valence-electron chi connectivity index (χ3n) is 5.89. The van der Waals surface area contributed by atoms with Crippen molar-refractivity contribution in [1.82, 2.24) is 10.2 Å². The van der Waals surface area contributed by atoms with Crippen LogP contribution in [0.2, 0.25) is 0 Å². The first kappa shape index (κ1) is 18.4. The summed E-state index contributed by atoms with van der Waals surface area (Å²) in [4.78, 5) is 40.2. The molecule has 0 atom stereocenters. The minimum atomic E-state index is -1.30. The number of carbonyl (C=O) groups excluding carboxylic acids is 3. The van der Waals surface area contributed by atoms with Gasteiger partial charge in [0.2, 0.25) is 0 Å². The number of urea groups is 1. The lowest BCUT2D eigenvalue weighted by Crippen LogP contribution is -2.45. The monoisotopic (exact) mass is 376 g/mol. The number of ketones is 1. The Morgan fingerprint density at radius 2 is 1.43 bits per heavy atom. The Labute approximate surface area is 164 Å². The Kier molecular flexibility index (Phi) is 4.99. The maximum absolute atomic E-state index is 13.5. The lowest BCUT2D eigenvalue weighted by Gasteiger charge is -2.28. The number of hydrogen-bond acceptors (Lipinski definition) is 3. The van der Waals surface area contributed by atoms with Crippen LogP contribution in [0.3, 0.4) is 0 Å². The number of nitrogens with zero attached hydrogens (tertiary/aromatic N) is 1. The van der Waals surface area contributed by atoms with Crippen molar-refractivity contribution in [2.45, 2.75) is 37.6 Å². The Morgan fingerprint density at radius 3 is 1.96 bits per heavy atom.